The molecule has 1 aliphatic rings. The second-order valence-corrected chi connectivity index (χ2v) is 7.70. The van der Waals surface area contributed by atoms with E-state index < -0.39 is 5.91 Å². The van der Waals surface area contributed by atoms with Crippen LogP contribution in [0.15, 0.2) is 53.0 Å². The minimum atomic E-state index is -0.403. The van der Waals surface area contributed by atoms with E-state index in [-0.39, 0.29) is 24.3 Å². The number of ether oxygens (including phenoxy) is 2. The summed E-state index contributed by atoms with van der Waals surface area (Å²) in [4.78, 5) is 26.3. The number of benzene rings is 2. The van der Waals surface area contributed by atoms with Crippen molar-refractivity contribution in [3.05, 3.63) is 58.6 Å². The van der Waals surface area contributed by atoms with Gasteiger partial charge in [-0.15, -0.1) is 0 Å². The van der Waals surface area contributed by atoms with E-state index in [1.165, 1.54) is 0 Å². The number of carbonyl (C=O) groups is 2. The van der Waals surface area contributed by atoms with Gasteiger partial charge in [-0.3, -0.25) is 9.59 Å². The van der Waals surface area contributed by atoms with Crippen LogP contribution in [0.1, 0.15) is 23.2 Å². The molecule has 6 nitrogen and oxygen atoms in total. The standard InChI is InChI=1S/C21H23BrN2O4/c1-27-19-8-3-2-7-17(19)21(26)24-10-9-18(14(13-24)11-20(23)25)28-16-6-4-5-15(22)12-16/h2-8,12,14,18H,9-11,13H2,1H3,(H2,23,25)/t14-,18-/m0/s1. The van der Waals surface area contributed by atoms with E-state index in [1.807, 2.05) is 30.3 Å². The van der Waals surface area contributed by atoms with Crippen molar-refractivity contribution in [3.8, 4) is 11.5 Å². The normalized spacial score (nSPS) is 19.1. The molecule has 0 aliphatic carbocycles. The highest BCUT2D eigenvalue weighted by molar-refractivity contribution is 9.10. The van der Waals surface area contributed by atoms with Gasteiger partial charge in [-0.25, -0.2) is 0 Å². The van der Waals surface area contributed by atoms with Crippen LogP contribution >= 0.6 is 15.9 Å². The first-order valence-electron chi connectivity index (χ1n) is 9.10. The summed E-state index contributed by atoms with van der Waals surface area (Å²) in [5.74, 6) is 0.556. The second-order valence-electron chi connectivity index (χ2n) is 6.78. The lowest BCUT2D eigenvalue weighted by Crippen LogP contribution is -2.49. The van der Waals surface area contributed by atoms with Gasteiger partial charge in [0.15, 0.2) is 0 Å². The monoisotopic (exact) mass is 446 g/mol. The van der Waals surface area contributed by atoms with Crippen molar-refractivity contribution >= 4 is 27.7 Å². The molecule has 2 N–H and O–H groups in total. The molecule has 0 spiro atoms. The van der Waals surface area contributed by atoms with Crippen molar-refractivity contribution in [1.29, 1.82) is 0 Å². The number of nitrogens with zero attached hydrogens (tertiary/aromatic N) is 1. The van der Waals surface area contributed by atoms with Gasteiger partial charge in [0.2, 0.25) is 5.91 Å². The lowest BCUT2D eigenvalue weighted by molar-refractivity contribution is -0.120. The SMILES string of the molecule is COc1ccccc1C(=O)N1CC[C@H](Oc2cccc(Br)c2)[C@@H](CC(N)=O)C1. The van der Waals surface area contributed by atoms with E-state index in [0.29, 0.717) is 30.8 Å². The highest BCUT2D eigenvalue weighted by atomic mass is 79.9. The molecule has 1 fully saturated rings. The van der Waals surface area contributed by atoms with Gasteiger partial charge in [0.25, 0.3) is 5.91 Å². The molecule has 3 rings (SSSR count). The van der Waals surface area contributed by atoms with Gasteiger partial charge in [0, 0.05) is 36.3 Å². The molecule has 2 aromatic rings. The molecule has 1 aliphatic heterocycles. The number of halogens is 1. The number of methoxy groups -OCH3 is 1. The van der Waals surface area contributed by atoms with Crippen LogP contribution in [-0.4, -0.2) is 43.0 Å². The number of carbonyl (C=O) groups excluding carboxylic acids is 2. The lowest BCUT2D eigenvalue weighted by Gasteiger charge is -2.38. The Labute approximate surface area is 172 Å². The van der Waals surface area contributed by atoms with Crippen molar-refractivity contribution in [2.24, 2.45) is 11.7 Å². The van der Waals surface area contributed by atoms with Crippen molar-refractivity contribution in [2.45, 2.75) is 18.9 Å². The van der Waals surface area contributed by atoms with E-state index in [1.54, 1.807) is 30.2 Å². The maximum Gasteiger partial charge on any atom is 0.257 e. The van der Waals surface area contributed by atoms with Crippen LogP contribution in [0.3, 0.4) is 0 Å². The van der Waals surface area contributed by atoms with Gasteiger partial charge in [0.05, 0.1) is 12.7 Å². The fourth-order valence-electron chi connectivity index (χ4n) is 3.51. The summed E-state index contributed by atoms with van der Waals surface area (Å²) < 4.78 is 12.4. The van der Waals surface area contributed by atoms with Crippen molar-refractivity contribution in [1.82, 2.24) is 4.90 Å². The first kappa shape index (κ1) is 20.2. The first-order chi connectivity index (χ1) is 13.5. The van der Waals surface area contributed by atoms with Crippen LogP contribution in [0.25, 0.3) is 0 Å². The molecule has 0 bridgehead atoms. The Morgan fingerprint density at radius 1 is 1.21 bits per heavy atom. The lowest BCUT2D eigenvalue weighted by atomic mass is 9.90. The third kappa shape index (κ3) is 4.84. The maximum absolute atomic E-state index is 13.0. The van der Waals surface area contributed by atoms with Crippen LogP contribution in [-0.2, 0) is 4.79 Å². The summed E-state index contributed by atoms with van der Waals surface area (Å²) in [5.41, 5.74) is 5.96. The largest absolute Gasteiger partial charge is 0.496 e. The van der Waals surface area contributed by atoms with Crippen LogP contribution in [0.4, 0.5) is 0 Å². The van der Waals surface area contributed by atoms with Gasteiger partial charge in [0.1, 0.15) is 17.6 Å². The molecular weight excluding hydrogens is 424 g/mol. The van der Waals surface area contributed by atoms with Gasteiger partial charge < -0.3 is 20.1 Å². The molecule has 2 aromatic carbocycles. The Bertz CT molecular complexity index is 858. The molecule has 0 saturated carbocycles. The number of primary amides is 1. The molecule has 0 radical (unpaired) electrons. The minimum Gasteiger partial charge on any atom is -0.496 e. The molecule has 28 heavy (non-hydrogen) atoms. The summed E-state index contributed by atoms with van der Waals surface area (Å²) in [5, 5.41) is 0. The van der Waals surface area contributed by atoms with Crippen LogP contribution in [0.5, 0.6) is 11.5 Å². The van der Waals surface area contributed by atoms with E-state index in [0.717, 1.165) is 10.2 Å². The summed E-state index contributed by atoms with van der Waals surface area (Å²) in [7, 11) is 1.54. The Hall–Kier alpha value is -2.54. The number of hydrogen-bond donors (Lipinski definition) is 1. The molecule has 2 amide bonds. The zero-order chi connectivity index (χ0) is 20.1. The number of likely N-dealkylation sites (tertiary alicyclic amines) is 1. The average molecular weight is 447 g/mol. The number of amides is 2. The van der Waals surface area contributed by atoms with Crippen LogP contribution in [0.2, 0.25) is 0 Å². The number of para-hydroxylation sites is 1. The minimum absolute atomic E-state index is 0.118. The van der Waals surface area contributed by atoms with E-state index >= 15 is 0 Å². The molecule has 0 aromatic heterocycles. The fourth-order valence-corrected chi connectivity index (χ4v) is 3.89. The van der Waals surface area contributed by atoms with Gasteiger partial charge >= 0.3 is 0 Å². The predicted octanol–water partition coefficient (Wildman–Crippen LogP) is 3.24. The van der Waals surface area contributed by atoms with E-state index in [2.05, 4.69) is 15.9 Å². The van der Waals surface area contributed by atoms with Gasteiger partial charge in [-0.1, -0.05) is 34.1 Å². The number of nitrogens with two attached hydrogens (primary N) is 1. The summed E-state index contributed by atoms with van der Waals surface area (Å²) in [6.07, 6.45) is 0.586. The summed E-state index contributed by atoms with van der Waals surface area (Å²) >= 11 is 3.43. The second kappa shape index (κ2) is 9.10. The third-order valence-electron chi connectivity index (χ3n) is 4.84. The predicted molar refractivity (Wildman–Crippen MR) is 109 cm³/mol. The van der Waals surface area contributed by atoms with Crippen molar-refractivity contribution < 1.29 is 19.1 Å². The van der Waals surface area contributed by atoms with Gasteiger partial charge in [-0.2, -0.15) is 0 Å². The summed E-state index contributed by atoms with van der Waals surface area (Å²) in [6, 6.07) is 14.7. The molecule has 7 heteroatoms. The molecule has 148 valence electrons. The Kier molecular flexibility index (Phi) is 6.57. The van der Waals surface area contributed by atoms with Crippen LogP contribution in [0, 0.1) is 5.92 Å². The Morgan fingerprint density at radius 3 is 2.71 bits per heavy atom. The number of piperidine rings is 1. The van der Waals surface area contributed by atoms with Crippen molar-refractivity contribution in [2.75, 3.05) is 20.2 Å². The Balaban J connectivity index is 1.76. The fraction of sp³-hybridized carbons (Fsp3) is 0.333. The quantitative estimate of drug-likeness (QED) is 0.737. The van der Waals surface area contributed by atoms with Gasteiger partial charge in [-0.05, 0) is 30.3 Å². The highest BCUT2D eigenvalue weighted by Crippen LogP contribution is 2.29. The number of rotatable bonds is 6. The van der Waals surface area contributed by atoms with E-state index in [4.69, 9.17) is 15.2 Å². The topological polar surface area (TPSA) is 81.9 Å². The zero-order valence-electron chi connectivity index (χ0n) is 15.6. The third-order valence-corrected chi connectivity index (χ3v) is 5.33. The zero-order valence-corrected chi connectivity index (χ0v) is 17.2. The Morgan fingerprint density at radius 2 is 2.00 bits per heavy atom. The smallest absolute Gasteiger partial charge is 0.257 e. The summed E-state index contributed by atoms with van der Waals surface area (Å²) in [6.45, 7) is 0.934. The molecule has 1 heterocycles. The molecular formula is C21H23BrN2O4. The highest BCUT2D eigenvalue weighted by Gasteiger charge is 2.35. The molecule has 2 atom stereocenters. The average Bonchev–Trinajstić information content (AvgIpc) is 2.68. The molecule has 1 saturated heterocycles. The molecule has 0 unspecified atom stereocenters. The maximum atomic E-state index is 13.0. The first-order valence-corrected chi connectivity index (χ1v) is 9.90. The number of hydrogen-bond acceptors (Lipinski definition) is 4. The van der Waals surface area contributed by atoms with Crippen molar-refractivity contribution in [3.63, 3.8) is 0 Å². The van der Waals surface area contributed by atoms with Crippen LogP contribution < -0.4 is 15.2 Å². The van der Waals surface area contributed by atoms with E-state index in [9.17, 15) is 9.59 Å².